The van der Waals surface area contributed by atoms with Gasteiger partial charge >= 0.3 is 0 Å². The molecule has 39 heavy (non-hydrogen) atoms. The second-order valence-electron chi connectivity index (χ2n) is 9.42. The minimum absolute atomic E-state index is 0.0413. The minimum atomic E-state index is -0.903. The van der Waals surface area contributed by atoms with E-state index in [0.29, 0.717) is 47.4 Å². The first-order valence-electron chi connectivity index (χ1n) is 13.0. The minimum Gasteiger partial charge on any atom is -0.505 e. The van der Waals surface area contributed by atoms with E-state index in [9.17, 15) is 14.7 Å². The van der Waals surface area contributed by atoms with Gasteiger partial charge in [0, 0.05) is 6.20 Å². The van der Waals surface area contributed by atoms with Crippen molar-refractivity contribution in [2.75, 3.05) is 13.2 Å². The van der Waals surface area contributed by atoms with Gasteiger partial charge in [-0.05, 0) is 68.7 Å². The largest absolute Gasteiger partial charge is 0.505 e. The summed E-state index contributed by atoms with van der Waals surface area (Å²) in [5.74, 6) is -0.287. The molecular formula is C30H31N3O6. The van der Waals surface area contributed by atoms with Crippen molar-refractivity contribution in [3.05, 3.63) is 88.8 Å². The Morgan fingerprint density at radius 3 is 2.59 bits per heavy atom. The van der Waals surface area contributed by atoms with Crippen molar-refractivity contribution in [3.8, 4) is 11.5 Å². The fourth-order valence-electron chi connectivity index (χ4n) is 4.93. The van der Waals surface area contributed by atoms with Crippen LogP contribution in [0.25, 0.3) is 11.4 Å². The van der Waals surface area contributed by atoms with E-state index >= 15 is 0 Å². The molecule has 9 heteroatoms. The number of imidazole rings is 1. The van der Waals surface area contributed by atoms with E-state index < -0.39 is 17.7 Å². The summed E-state index contributed by atoms with van der Waals surface area (Å²) >= 11 is 0. The molecule has 1 aromatic carbocycles. The standard InChI is InChI=1S/C30H31N3O6/c1-5-14-39-22-12-11-20(16-23(22)37-6-2)26-24(28(35)30(36)33(26)17-21-10-8-15-38-21)27(34)25-19(4)32-13-7-9-18(3)29(32)31-25/h7-13,15-16,26,34H,5-6,14,17H2,1-4H3/b27-24+. The Balaban J connectivity index is 1.69. The molecule has 1 N–H and O–H groups in total. The molecule has 3 aromatic heterocycles. The molecule has 1 aliphatic heterocycles. The summed E-state index contributed by atoms with van der Waals surface area (Å²) in [6.45, 7) is 8.58. The fraction of sp³-hybridized carbons (Fsp3) is 0.300. The summed E-state index contributed by atoms with van der Waals surface area (Å²) in [5.41, 5.74) is 3.03. The van der Waals surface area contributed by atoms with Gasteiger partial charge < -0.3 is 28.3 Å². The highest BCUT2D eigenvalue weighted by molar-refractivity contribution is 6.46. The van der Waals surface area contributed by atoms with Gasteiger partial charge in [-0.15, -0.1) is 0 Å². The first-order valence-corrected chi connectivity index (χ1v) is 13.0. The summed E-state index contributed by atoms with van der Waals surface area (Å²) in [7, 11) is 0. The van der Waals surface area contributed by atoms with E-state index in [1.807, 2.05) is 50.4 Å². The van der Waals surface area contributed by atoms with E-state index in [2.05, 4.69) is 4.98 Å². The van der Waals surface area contributed by atoms with Gasteiger partial charge in [0.1, 0.15) is 17.1 Å². The number of nitrogens with zero attached hydrogens (tertiary/aromatic N) is 3. The zero-order valence-corrected chi connectivity index (χ0v) is 22.4. The summed E-state index contributed by atoms with van der Waals surface area (Å²) in [5, 5.41) is 11.6. The summed E-state index contributed by atoms with van der Waals surface area (Å²) in [6, 6.07) is 11.7. The number of rotatable bonds is 9. The van der Waals surface area contributed by atoms with Crippen LogP contribution in [0.5, 0.6) is 11.5 Å². The number of hydrogen-bond donors (Lipinski definition) is 1. The van der Waals surface area contributed by atoms with Crippen LogP contribution >= 0.6 is 0 Å². The lowest BCUT2D eigenvalue weighted by Gasteiger charge is -2.25. The molecule has 0 aliphatic carbocycles. The maximum absolute atomic E-state index is 13.5. The van der Waals surface area contributed by atoms with Gasteiger partial charge in [0.25, 0.3) is 11.7 Å². The second kappa shape index (κ2) is 10.7. The third-order valence-electron chi connectivity index (χ3n) is 6.80. The average Bonchev–Trinajstić information content (AvgIpc) is 3.63. The number of likely N-dealkylation sites (tertiary alicyclic amines) is 1. The van der Waals surface area contributed by atoms with Crippen LogP contribution in [0.15, 0.2) is 64.9 Å². The lowest BCUT2D eigenvalue weighted by molar-refractivity contribution is -0.140. The zero-order valence-electron chi connectivity index (χ0n) is 22.4. The van der Waals surface area contributed by atoms with E-state index in [0.717, 1.165) is 12.0 Å². The third kappa shape index (κ3) is 4.65. The highest BCUT2D eigenvalue weighted by Crippen LogP contribution is 2.43. The Kier molecular flexibility index (Phi) is 7.15. The van der Waals surface area contributed by atoms with Crippen LogP contribution in [-0.4, -0.2) is 44.3 Å². The van der Waals surface area contributed by atoms with E-state index in [1.165, 1.54) is 11.2 Å². The molecule has 1 amide bonds. The lowest BCUT2D eigenvalue weighted by Crippen LogP contribution is -2.29. The Labute approximate surface area is 226 Å². The molecule has 4 aromatic rings. The van der Waals surface area contributed by atoms with Crippen molar-refractivity contribution in [3.63, 3.8) is 0 Å². The number of carbonyl (C=O) groups excluding carboxylic acids is 2. The normalized spacial score (nSPS) is 16.8. The number of aliphatic hydroxyl groups excluding tert-OH is 1. The number of aliphatic hydroxyl groups is 1. The smallest absolute Gasteiger partial charge is 0.296 e. The van der Waals surface area contributed by atoms with Crippen molar-refractivity contribution >= 4 is 23.1 Å². The molecular weight excluding hydrogens is 498 g/mol. The highest BCUT2D eigenvalue weighted by atomic mass is 16.5. The van der Waals surface area contributed by atoms with Crippen molar-refractivity contribution in [1.82, 2.24) is 14.3 Å². The van der Waals surface area contributed by atoms with Gasteiger partial charge in [0.05, 0.1) is 43.3 Å². The van der Waals surface area contributed by atoms with Crippen LogP contribution in [0.2, 0.25) is 0 Å². The number of carbonyl (C=O) groups is 2. The molecule has 1 saturated heterocycles. The summed E-state index contributed by atoms with van der Waals surface area (Å²) in [6.07, 6.45) is 4.18. The first-order chi connectivity index (χ1) is 18.8. The molecule has 1 unspecified atom stereocenters. The molecule has 1 fully saturated rings. The van der Waals surface area contributed by atoms with Gasteiger partial charge in [0.15, 0.2) is 17.3 Å². The predicted molar refractivity (Wildman–Crippen MR) is 145 cm³/mol. The van der Waals surface area contributed by atoms with Crippen LogP contribution in [0, 0.1) is 13.8 Å². The lowest BCUT2D eigenvalue weighted by atomic mass is 9.96. The number of hydrogen-bond acceptors (Lipinski definition) is 7. The van der Waals surface area contributed by atoms with Gasteiger partial charge in [-0.2, -0.15) is 0 Å². The number of aromatic nitrogens is 2. The molecule has 0 saturated carbocycles. The zero-order chi connectivity index (χ0) is 27.7. The summed E-state index contributed by atoms with van der Waals surface area (Å²) in [4.78, 5) is 33.0. The first kappa shape index (κ1) is 26.1. The Morgan fingerprint density at radius 2 is 1.90 bits per heavy atom. The van der Waals surface area contributed by atoms with Crippen LogP contribution in [0.1, 0.15) is 54.6 Å². The number of amides is 1. The number of pyridine rings is 1. The van der Waals surface area contributed by atoms with Gasteiger partial charge in [-0.3, -0.25) is 9.59 Å². The SMILES string of the molecule is CCCOc1ccc(C2/C(=C(\O)c3nc4c(C)cccn4c3C)C(=O)C(=O)N2Cc2ccco2)cc1OCC. The molecule has 5 rings (SSSR count). The molecule has 4 heterocycles. The number of ketones is 1. The number of furan rings is 1. The molecule has 9 nitrogen and oxygen atoms in total. The van der Waals surface area contributed by atoms with E-state index in [1.54, 1.807) is 30.3 Å². The highest BCUT2D eigenvalue weighted by Gasteiger charge is 2.47. The fourth-order valence-corrected chi connectivity index (χ4v) is 4.93. The van der Waals surface area contributed by atoms with Crippen molar-refractivity contribution in [2.24, 2.45) is 0 Å². The summed E-state index contributed by atoms with van der Waals surface area (Å²) < 4.78 is 19.1. The number of Topliss-reactive ketones (excluding diaryl/α,β-unsaturated/α-hetero) is 1. The van der Waals surface area contributed by atoms with Crippen molar-refractivity contribution in [1.29, 1.82) is 0 Å². The molecule has 0 bridgehead atoms. The predicted octanol–water partition coefficient (Wildman–Crippen LogP) is 5.35. The van der Waals surface area contributed by atoms with Crippen LogP contribution in [0.4, 0.5) is 0 Å². The van der Waals surface area contributed by atoms with Gasteiger partial charge in [-0.25, -0.2) is 4.98 Å². The molecule has 1 atom stereocenters. The monoisotopic (exact) mass is 529 g/mol. The Bertz CT molecular complexity index is 1570. The number of fused-ring (bicyclic) bond motifs is 1. The Hall–Kier alpha value is -4.53. The number of aryl methyl sites for hydroxylation is 2. The number of benzene rings is 1. The van der Waals surface area contributed by atoms with Crippen LogP contribution in [-0.2, 0) is 16.1 Å². The van der Waals surface area contributed by atoms with E-state index in [-0.39, 0.29) is 23.6 Å². The van der Waals surface area contributed by atoms with Crippen molar-refractivity contribution < 1.29 is 28.6 Å². The quantitative estimate of drug-likeness (QED) is 0.177. The number of ether oxygens (including phenoxy) is 2. The maximum Gasteiger partial charge on any atom is 0.296 e. The molecule has 1 aliphatic rings. The van der Waals surface area contributed by atoms with Gasteiger partial charge in [-0.1, -0.05) is 19.1 Å². The topological polar surface area (TPSA) is 107 Å². The molecule has 0 spiro atoms. The third-order valence-corrected chi connectivity index (χ3v) is 6.80. The van der Waals surface area contributed by atoms with Crippen molar-refractivity contribution in [2.45, 2.75) is 46.7 Å². The maximum atomic E-state index is 13.5. The molecule has 0 radical (unpaired) electrons. The van der Waals surface area contributed by atoms with E-state index in [4.69, 9.17) is 13.9 Å². The average molecular weight is 530 g/mol. The van der Waals surface area contributed by atoms with Crippen LogP contribution < -0.4 is 9.47 Å². The van der Waals surface area contributed by atoms with Gasteiger partial charge in [0.2, 0.25) is 0 Å². The molecule has 202 valence electrons. The van der Waals surface area contributed by atoms with Crippen LogP contribution in [0.3, 0.4) is 0 Å². The second-order valence-corrected chi connectivity index (χ2v) is 9.42. The Morgan fingerprint density at radius 1 is 1.08 bits per heavy atom.